The van der Waals surface area contributed by atoms with Gasteiger partial charge in [0, 0.05) is 46.0 Å². The van der Waals surface area contributed by atoms with E-state index >= 15 is 0 Å². The zero-order valence-electron chi connectivity index (χ0n) is 16.7. The molecule has 2 aromatic rings. The molecule has 1 atom stereocenters. The molecule has 0 radical (unpaired) electrons. The van der Waals surface area contributed by atoms with Crippen LogP contribution in [0.25, 0.3) is 0 Å². The molecule has 7 nitrogen and oxygen atoms in total. The first kappa shape index (κ1) is 20.2. The highest BCUT2D eigenvalue weighted by molar-refractivity contribution is 6.32. The molecular weight excluding hydrogens is 374 g/mol. The molecule has 0 spiro atoms. The maximum atomic E-state index is 6.29. The highest BCUT2D eigenvalue weighted by atomic mass is 35.5. The van der Waals surface area contributed by atoms with Gasteiger partial charge in [-0.1, -0.05) is 17.7 Å². The van der Waals surface area contributed by atoms with Crippen LogP contribution >= 0.6 is 11.6 Å². The second-order valence-electron chi connectivity index (χ2n) is 6.96. The van der Waals surface area contributed by atoms with Crippen LogP contribution in [0.1, 0.15) is 19.0 Å². The number of aliphatic imine (C=N–C) groups is 1. The van der Waals surface area contributed by atoms with E-state index in [1.54, 1.807) is 6.20 Å². The molecule has 2 N–H and O–H groups in total. The number of rotatable bonds is 6. The van der Waals surface area contributed by atoms with Gasteiger partial charge in [0.05, 0.1) is 17.3 Å². The fourth-order valence-electron chi connectivity index (χ4n) is 3.16. The van der Waals surface area contributed by atoms with E-state index in [1.165, 1.54) is 0 Å². The summed E-state index contributed by atoms with van der Waals surface area (Å²) in [5, 5.41) is 7.55. The molecule has 1 aliphatic rings. The van der Waals surface area contributed by atoms with Crippen molar-refractivity contribution in [2.75, 3.05) is 43.5 Å². The number of guanidine groups is 1. The molecule has 1 unspecified atom stereocenters. The van der Waals surface area contributed by atoms with E-state index in [4.69, 9.17) is 16.6 Å². The zero-order chi connectivity index (χ0) is 19.9. The summed E-state index contributed by atoms with van der Waals surface area (Å²) in [7, 11) is 3.97. The zero-order valence-corrected chi connectivity index (χ0v) is 17.4. The molecule has 150 valence electrons. The van der Waals surface area contributed by atoms with Crippen molar-refractivity contribution in [2.24, 2.45) is 4.99 Å². The number of aromatic nitrogens is 2. The van der Waals surface area contributed by atoms with Gasteiger partial charge < -0.3 is 20.4 Å². The Kier molecular flexibility index (Phi) is 6.92. The molecule has 0 aromatic carbocycles. The van der Waals surface area contributed by atoms with Crippen molar-refractivity contribution in [3.63, 3.8) is 0 Å². The number of pyridine rings is 2. The average Bonchev–Trinajstić information content (AvgIpc) is 3.15. The topological polar surface area (TPSA) is 68.7 Å². The van der Waals surface area contributed by atoms with Crippen molar-refractivity contribution in [2.45, 2.75) is 25.9 Å². The van der Waals surface area contributed by atoms with Gasteiger partial charge in [-0.25, -0.2) is 15.0 Å². The van der Waals surface area contributed by atoms with Crippen LogP contribution in [0.15, 0.2) is 41.5 Å². The monoisotopic (exact) mass is 401 g/mol. The largest absolute Gasteiger partial charge is 0.363 e. The summed E-state index contributed by atoms with van der Waals surface area (Å²) in [5.41, 5.74) is 0.941. The van der Waals surface area contributed by atoms with Crippen LogP contribution in [0, 0.1) is 0 Å². The molecule has 2 aromatic heterocycles. The van der Waals surface area contributed by atoms with Crippen LogP contribution in [0.2, 0.25) is 5.02 Å². The Morgan fingerprint density at radius 3 is 2.93 bits per heavy atom. The molecule has 0 amide bonds. The number of nitrogens with zero attached hydrogens (tertiary/aromatic N) is 5. The van der Waals surface area contributed by atoms with Crippen molar-refractivity contribution < 1.29 is 0 Å². The summed E-state index contributed by atoms with van der Waals surface area (Å²) in [4.78, 5) is 18.0. The van der Waals surface area contributed by atoms with Crippen LogP contribution in [0.4, 0.5) is 11.6 Å². The highest BCUT2D eigenvalue weighted by Gasteiger charge is 2.25. The predicted octanol–water partition coefficient (Wildman–Crippen LogP) is 2.53. The lowest BCUT2D eigenvalue weighted by molar-refractivity contribution is 0.648. The van der Waals surface area contributed by atoms with Crippen molar-refractivity contribution in [1.82, 2.24) is 20.6 Å². The second kappa shape index (κ2) is 9.59. The summed E-state index contributed by atoms with van der Waals surface area (Å²) in [6.07, 6.45) is 2.79. The van der Waals surface area contributed by atoms with Gasteiger partial charge in [-0.3, -0.25) is 0 Å². The molecule has 0 saturated carbocycles. The average molecular weight is 402 g/mol. The third-order valence-corrected chi connectivity index (χ3v) is 4.86. The molecule has 1 aliphatic heterocycles. The number of hydrogen-bond donors (Lipinski definition) is 2. The van der Waals surface area contributed by atoms with Gasteiger partial charge in [0.1, 0.15) is 11.6 Å². The highest BCUT2D eigenvalue weighted by Crippen LogP contribution is 2.25. The van der Waals surface area contributed by atoms with Gasteiger partial charge in [0.25, 0.3) is 0 Å². The van der Waals surface area contributed by atoms with Crippen molar-refractivity contribution >= 4 is 29.2 Å². The van der Waals surface area contributed by atoms with E-state index in [0.29, 0.717) is 11.6 Å². The van der Waals surface area contributed by atoms with Crippen molar-refractivity contribution in [3.8, 4) is 0 Å². The van der Waals surface area contributed by atoms with E-state index < -0.39 is 0 Å². The Bertz CT molecular complexity index is 809. The number of anilines is 2. The van der Waals surface area contributed by atoms with Crippen molar-refractivity contribution in [1.29, 1.82) is 0 Å². The van der Waals surface area contributed by atoms with Crippen LogP contribution in [0.5, 0.6) is 0 Å². The number of halogens is 1. The van der Waals surface area contributed by atoms with Crippen LogP contribution < -0.4 is 20.4 Å². The molecule has 3 rings (SSSR count). The molecule has 3 heterocycles. The van der Waals surface area contributed by atoms with Gasteiger partial charge >= 0.3 is 0 Å². The molecule has 0 bridgehead atoms. The lowest BCUT2D eigenvalue weighted by atomic mass is 10.3. The Balaban J connectivity index is 1.62. The third-order valence-electron chi connectivity index (χ3n) is 4.56. The van der Waals surface area contributed by atoms with E-state index in [9.17, 15) is 0 Å². The minimum absolute atomic E-state index is 0.289. The molecular formula is C20H28ClN7. The first-order valence-corrected chi connectivity index (χ1v) is 9.98. The summed E-state index contributed by atoms with van der Waals surface area (Å²) < 4.78 is 0. The Morgan fingerprint density at radius 2 is 2.18 bits per heavy atom. The number of hydrogen-bond acceptors (Lipinski definition) is 5. The van der Waals surface area contributed by atoms with E-state index in [-0.39, 0.29) is 6.04 Å². The Hall–Kier alpha value is -2.54. The van der Waals surface area contributed by atoms with Gasteiger partial charge in [-0.15, -0.1) is 0 Å². The SMILES string of the molecule is CCNC(=NCc1cccc(N(C)C)n1)NC1CCN(c2ncccc2Cl)C1. The van der Waals surface area contributed by atoms with Gasteiger partial charge in [-0.05, 0) is 37.6 Å². The normalized spacial score (nSPS) is 16.9. The smallest absolute Gasteiger partial charge is 0.191 e. The lowest BCUT2D eigenvalue weighted by Gasteiger charge is -2.20. The molecule has 0 aliphatic carbocycles. The molecule has 8 heteroatoms. The van der Waals surface area contributed by atoms with E-state index in [2.05, 4.69) is 32.4 Å². The van der Waals surface area contributed by atoms with Crippen LogP contribution in [0.3, 0.4) is 0 Å². The maximum absolute atomic E-state index is 6.29. The maximum Gasteiger partial charge on any atom is 0.191 e. The van der Waals surface area contributed by atoms with Crippen molar-refractivity contribution in [3.05, 3.63) is 47.2 Å². The standard InChI is InChI=1S/C20H28ClN7/c1-4-22-20(24-13-15-7-5-9-18(25-15)27(2)3)26-16-10-12-28(14-16)19-17(21)8-6-11-23-19/h5-9,11,16H,4,10,12-14H2,1-3H3,(H2,22,24,26). The van der Waals surface area contributed by atoms with E-state index in [1.807, 2.05) is 49.3 Å². The summed E-state index contributed by atoms with van der Waals surface area (Å²) in [5.74, 6) is 2.59. The number of nitrogens with one attached hydrogen (secondary N) is 2. The predicted molar refractivity (Wildman–Crippen MR) is 116 cm³/mol. The third kappa shape index (κ3) is 5.25. The first-order valence-electron chi connectivity index (χ1n) is 9.60. The van der Waals surface area contributed by atoms with Crippen LogP contribution in [-0.2, 0) is 6.54 Å². The minimum atomic E-state index is 0.289. The van der Waals surface area contributed by atoms with Gasteiger partial charge in [0.15, 0.2) is 5.96 Å². The summed E-state index contributed by atoms with van der Waals surface area (Å²) >= 11 is 6.29. The molecule has 1 saturated heterocycles. The molecule has 1 fully saturated rings. The van der Waals surface area contributed by atoms with Gasteiger partial charge in [0.2, 0.25) is 0 Å². The molecule has 28 heavy (non-hydrogen) atoms. The fraction of sp³-hybridized carbons (Fsp3) is 0.450. The summed E-state index contributed by atoms with van der Waals surface area (Å²) in [6, 6.07) is 10.0. The Labute approximate surface area is 171 Å². The summed E-state index contributed by atoms with van der Waals surface area (Å²) in [6.45, 7) is 5.16. The lowest BCUT2D eigenvalue weighted by Crippen LogP contribution is -2.44. The minimum Gasteiger partial charge on any atom is -0.363 e. The van der Waals surface area contributed by atoms with Gasteiger partial charge in [-0.2, -0.15) is 0 Å². The second-order valence-corrected chi connectivity index (χ2v) is 7.37. The Morgan fingerprint density at radius 1 is 1.32 bits per heavy atom. The van der Waals surface area contributed by atoms with E-state index in [0.717, 1.165) is 49.3 Å². The quantitative estimate of drug-likeness (QED) is 0.572. The fourth-order valence-corrected chi connectivity index (χ4v) is 3.40. The first-order chi connectivity index (χ1) is 13.6. The van der Waals surface area contributed by atoms with Crippen LogP contribution in [-0.4, -0.2) is 55.7 Å².